The van der Waals surface area contributed by atoms with Crippen molar-refractivity contribution >= 4 is 21.6 Å². The van der Waals surface area contributed by atoms with E-state index in [1.54, 1.807) is 13.3 Å². The van der Waals surface area contributed by atoms with Gasteiger partial charge in [-0.05, 0) is 54.1 Å². The molecule has 0 amide bonds. The first kappa shape index (κ1) is 17.3. The molecule has 6 heteroatoms. The van der Waals surface area contributed by atoms with Crippen LogP contribution in [0.3, 0.4) is 0 Å². The van der Waals surface area contributed by atoms with Crippen molar-refractivity contribution in [3.63, 3.8) is 0 Å². The van der Waals surface area contributed by atoms with Crippen LogP contribution in [0.2, 0.25) is 0 Å². The summed E-state index contributed by atoms with van der Waals surface area (Å²) in [5, 5.41) is 7.02. The molecule has 0 radical (unpaired) electrons. The van der Waals surface area contributed by atoms with E-state index in [0.717, 1.165) is 44.8 Å². The zero-order valence-corrected chi connectivity index (χ0v) is 16.8. The van der Waals surface area contributed by atoms with Gasteiger partial charge >= 0.3 is 0 Å². The standard InChI is InChI=1S/C22H18BrN3O2/c1-27-17-7-4-14(5-8-17)19-12-20-18-11-16(23)6-9-21(18)28-22(26(20)25-19)15-3-2-10-24-13-15/h2-11,13,20,22H,12H2,1H3/t20-,22-/m1/s1. The number of benzene rings is 2. The van der Waals surface area contributed by atoms with Gasteiger partial charge in [-0.1, -0.05) is 22.0 Å². The third-order valence-corrected chi connectivity index (χ3v) is 5.64. The number of hydrazone groups is 1. The molecule has 0 N–H and O–H groups in total. The third-order valence-electron chi connectivity index (χ3n) is 5.14. The van der Waals surface area contributed by atoms with Gasteiger partial charge in [0.25, 0.3) is 0 Å². The number of nitrogens with zero attached hydrogens (tertiary/aromatic N) is 3. The second kappa shape index (κ2) is 6.95. The van der Waals surface area contributed by atoms with Crippen molar-refractivity contribution < 1.29 is 9.47 Å². The fraction of sp³-hybridized carbons (Fsp3) is 0.182. The molecule has 5 nitrogen and oxygen atoms in total. The molecule has 0 aliphatic carbocycles. The average Bonchev–Trinajstić information content (AvgIpc) is 3.20. The molecule has 5 rings (SSSR count). The highest BCUT2D eigenvalue weighted by molar-refractivity contribution is 9.10. The lowest BCUT2D eigenvalue weighted by Crippen LogP contribution is -2.33. The highest BCUT2D eigenvalue weighted by atomic mass is 79.9. The fourth-order valence-electron chi connectivity index (χ4n) is 3.76. The molecular weight excluding hydrogens is 418 g/mol. The summed E-state index contributed by atoms with van der Waals surface area (Å²) in [6.07, 6.45) is 4.12. The molecule has 0 fully saturated rings. The summed E-state index contributed by atoms with van der Waals surface area (Å²) in [6.45, 7) is 0. The summed E-state index contributed by atoms with van der Waals surface area (Å²) < 4.78 is 12.7. The lowest BCUT2D eigenvalue weighted by atomic mass is 9.96. The molecule has 2 aliphatic rings. The van der Waals surface area contributed by atoms with E-state index in [9.17, 15) is 0 Å². The molecule has 0 spiro atoms. The van der Waals surface area contributed by atoms with E-state index < -0.39 is 0 Å². The van der Waals surface area contributed by atoms with E-state index in [1.807, 2.05) is 42.6 Å². The van der Waals surface area contributed by atoms with Gasteiger partial charge in [0.1, 0.15) is 11.5 Å². The Morgan fingerprint density at radius 2 is 2.00 bits per heavy atom. The first-order valence-corrected chi connectivity index (χ1v) is 9.88. The van der Waals surface area contributed by atoms with Gasteiger partial charge < -0.3 is 9.47 Å². The maximum Gasteiger partial charge on any atom is 0.215 e. The predicted octanol–water partition coefficient (Wildman–Crippen LogP) is 5.10. The summed E-state index contributed by atoms with van der Waals surface area (Å²) in [7, 11) is 1.67. The van der Waals surface area contributed by atoms with Crippen LogP contribution < -0.4 is 9.47 Å². The third kappa shape index (κ3) is 2.94. The molecule has 3 aromatic rings. The number of methoxy groups -OCH3 is 1. The molecule has 3 heterocycles. The van der Waals surface area contributed by atoms with E-state index in [2.05, 4.69) is 44.1 Å². The molecule has 1 aromatic heterocycles. The maximum absolute atomic E-state index is 6.35. The van der Waals surface area contributed by atoms with Gasteiger partial charge in [0.15, 0.2) is 0 Å². The second-order valence-corrected chi connectivity index (χ2v) is 7.73. The van der Waals surface area contributed by atoms with Crippen LogP contribution >= 0.6 is 15.9 Å². The topological polar surface area (TPSA) is 47.0 Å². The summed E-state index contributed by atoms with van der Waals surface area (Å²) in [6, 6.07) is 18.3. The Hall–Kier alpha value is -2.86. The minimum atomic E-state index is -0.303. The number of hydrogen-bond acceptors (Lipinski definition) is 5. The molecule has 0 saturated carbocycles. The first-order chi connectivity index (χ1) is 13.7. The largest absolute Gasteiger partial charge is 0.497 e. The lowest BCUT2D eigenvalue weighted by molar-refractivity contribution is -0.0192. The van der Waals surface area contributed by atoms with Crippen LogP contribution in [-0.4, -0.2) is 22.8 Å². The van der Waals surface area contributed by atoms with E-state index in [1.165, 1.54) is 0 Å². The minimum Gasteiger partial charge on any atom is -0.497 e. The van der Waals surface area contributed by atoms with Gasteiger partial charge in [-0.3, -0.25) is 4.98 Å². The van der Waals surface area contributed by atoms with Crippen molar-refractivity contribution in [1.82, 2.24) is 9.99 Å². The zero-order chi connectivity index (χ0) is 19.1. The zero-order valence-electron chi connectivity index (χ0n) is 15.2. The Morgan fingerprint density at radius 3 is 2.75 bits per heavy atom. The highest BCUT2D eigenvalue weighted by Gasteiger charge is 2.41. The van der Waals surface area contributed by atoms with Gasteiger partial charge in [0.05, 0.1) is 18.9 Å². The molecule has 0 unspecified atom stereocenters. The Labute approximate surface area is 171 Å². The van der Waals surface area contributed by atoms with Crippen molar-refractivity contribution in [3.8, 4) is 11.5 Å². The number of fused-ring (bicyclic) bond motifs is 3. The van der Waals surface area contributed by atoms with Crippen LogP contribution in [0.15, 0.2) is 76.6 Å². The number of aromatic nitrogens is 1. The lowest BCUT2D eigenvalue weighted by Gasteiger charge is -2.38. The molecule has 0 saturated heterocycles. The van der Waals surface area contributed by atoms with E-state index in [4.69, 9.17) is 14.6 Å². The molecule has 140 valence electrons. The monoisotopic (exact) mass is 435 g/mol. The summed E-state index contributed by atoms with van der Waals surface area (Å²) >= 11 is 3.59. The van der Waals surface area contributed by atoms with Crippen molar-refractivity contribution in [1.29, 1.82) is 0 Å². The summed E-state index contributed by atoms with van der Waals surface area (Å²) in [5.74, 6) is 1.73. The molecule has 2 aromatic carbocycles. The van der Waals surface area contributed by atoms with Crippen molar-refractivity contribution in [2.45, 2.75) is 18.7 Å². The van der Waals surface area contributed by atoms with Crippen LogP contribution in [0.4, 0.5) is 0 Å². The average molecular weight is 436 g/mol. The number of hydrogen-bond donors (Lipinski definition) is 0. The predicted molar refractivity (Wildman–Crippen MR) is 110 cm³/mol. The summed E-state index contributed by atoms with van der Waals surface area (Å²) in [5.41, 5.74) is 4.26. The SMILES string of the molecule is COc1ccc(C2=NN3[C@H](C2)c2cc(Br)ccc2O[C@@H]3c2cccnc2)cc1. The van der Waals surface area contributed by atoms with Gasteiger partial charge in [-0.25, -0.2) is 5.01 Å². The van der Waals surface area contributed by atoms with Crippen molar-refractivity contribution in [3.05, 3.63) is 88.2 Å². The number of ether oxygens (including phenoxy) is 2. The Morgan fingerprint density at radius 1 is 1.14 bits per heavy atom. The fourth-order valence-corrected chi connectivity index (χ4v) is 4.14. The molecule has 28 heavy (non-hydrogen) atoms. The highest BCUT2D eigenvalue weighted by Crippen LogP contribution is 2.48. The van der Waals surface area contributed by atoms with Crippen LogP contribution in [-0.2, 0) is 0 Å². The quantitative estimate of drug-likeness (QED) is 0.574. The number of halogens is 1. The van der Waals surface area contributed by atoms with Crippen LogP contribution in [0.5, 0.6) is 11.5 Å². The van der Waals surface area contributed by atoms with Gasteiger partial charge in [-0.15, -0.1) is 0 Å². The minimum absolute atomic E-state index is 0.114. The van der Waals surface area contributed by atoms with Crippen molar-refractivity contribution in [2.75, 3.05) is 7.11 Å². The van der Waals surface area contributed by atoms with E-state index >= 15 is 0 Å². The molecule has 0 bridgehead atoms. The Bertz CT molecular complexity index is 1040. The maximum atomic E-state index is 6.35. The van der Waals surface area contributed by atoms with E-state index in [0.29, 0.717) is 0 Å². The van der Waals surface area contributed by atoms with Gasteiger partial charge in [0, 0.05) is 34.4 Å². The summed E-state index contributed by atoms with van der Waals surface area (Å²) in [4.78, 5) is 4.26. The van der Waals surface area contributed by atoms with Crippen LogP contribution in [0.1, 0.15) is 35.4 Å². The van der Waals surface area contributed by atoms with Crippen LogP contribution in [0.25, 0.3) is 0 Å². The molecule has 2 atom stereocenters. The Balaban J connectivity index is 1.57. The molecule has 2 aliphatic heterocycles. The number of rotatable bonds is 3. The number of pyridine rings is 1. The smallest absolute Gasteiger partial charge is 0.215 e. The normalized spacial score (nSPS) is 20.1. The van der Waals surface area contributed by atoms with E-state index in [-0.39, 0.29) is 12.3 Å². The van der Waals surface area contributed by atoms with Gasteiger partial charge in [-0.2, -0.15) is 5.10 Å². The Kier molecular flexibility index (Phi) is 4.28. The van der Waals surface area contributed by atoms with Crippen molar-refractivity contribution in [2.24, 2.45) is 5.10 Å². The molecular formula is C22H18BrN3O2. The first-order valence-electron chi connectivity index (χ1n) is 9.09. The van der Waals surface area contributed by atoms with Crippen LogP contribution in [0, 0.1) is 0 Å². The second-order valence-electron chi connectivity index (χ2n) is 6.81. The van der Waals surface area contributed by atoms with Gasteiger partial charge in [0.2, 0.25) is 6.23 Å².